The third kappa shape index (κ3) is 1.85. The maximum Gasteiger partial charge on any atom is 0.124 e. The van der Waals surface area contributed by atoms with Crippen molar-refractivity contribution >= 4 is 38.8 Å². The minimum Gasteiger partial charge on any atom is -0.398 e. The second-order valence-corrected chi connectivity index (χ2v) is 5.62. The van der Waals surface area contributed by atoms with E-state index in [-0.39, 0.29) is 0 Å². The van der Waals surface area contributed by atoms with Crippen LogP contribution < -0.4 is 5.73 Å². The van der Waals surface area contributed by atoms with E-state index in [4.69, 9.17) is 17.3 Å². The normalized spacial score (nSPS) is 11.0. The van der Waals surface area contributed by atoms with Gasteiger partial charge in [0.15, 0.2) is 0 Å². The molecule has 0 fully saturated rings. The van der Waals surface area contributed by atoms with E-state index in [2.05, 4.69) is 4.98 Å². The molecule has 0 bridgehead atoms. The van der Waals surface area contributed by atoms with Gasteiger partial charge in [-0.15, -0.1) is 11.3 Å². The minimum atomic E-state index is 0.712. The summed E-state index contributed by atoms with van der Waals surface area (Å²) < 4.78 is 1.14. The fourth-order valence-corrected chi connectivity index (χ4v) is 3.10. The number of hydrogen-bond acceptors (Lipinski definition) is 3. The molecule has 0 spiro atoms. The van der Waals surface area contributed by atoms with Crippen molar-refractivity contribution in [3.05, 3.63) is 47.0 Å². The van der Waals surface area contributed by atoms with Crippen LogP contribution in [0.2, 0.25) is 5.02 Å². The van der Waals surface area contributed by atoms with Crippen molar-refractivity contribution in [2.24, 2.45) is 0 Å². The van der Waals surface area contributed by atoms with Crippen LogP contribution in [-0.2, 0) is 0 Å². The van der Waals surface area contributed by atoms with Crippen molar-refractivity contribution in [1.82, 2.24) is 4.98 Å². The molecule has 0 radical (unpaired) electrons. The van der Waals surface area contributed by atoms with Gasteiger partial charge in [0, 0.05) is 16.3 Å². The number of rotatable bonds is 1. The number of nitrogens with two attached hydrogens (primary N) is 1. The zero-order valence-electron chi connectivity index (χ0n) is 9.77. The van der Waals surface area contributed by atoms with Crippen LogP contribution >= 0.6 is 22.9 Å². The number of anilines is 1. The topological polar surface area (TPSA) is 38.9 Å². The lowest BCUT2D eigenvalue weighted by molar-refractivity contribution is 1.41. The maximum atomic E-state index is 5.98. The Hall–Kier alpha value is -1.58. The first-order valence-corrected chi connectivity index (χ1v) is 6.76. The smallest absolute Gasteiger partial charge is 0.124 e. The average molecular weight is 275 g/mol. The Kier molecular flexibility index (Phi) is 2.73. The van der Waals surface area contributed by atoms with Crippen LogP contribution in [0.5, 0.6) is 0 Å². The first-order chi connectivity index (χ1) is 8.65. The molecule has 0 aliphatic rings. The first kappa shape index (κ1) is 11.5. The molecule has 0 atom stereocenters. The lowest BCUT2D eigenvalue weighted by atomic mass is 10.1. The van der Waals surface area contributed by atoms with Gasteiger partial charge in [-0.1, -0.05) is 23.7 Å². The summed E-state index contributed by atoms with van der Waals surface area (Å²) in [7, 11) is 0. The van der Waals surface area contributed by atoms with Crippen molar-refractivity contribution < 1.29 is 0 Å². The van der Waals surface area contributed by atoms with Crippen LogP contribution in [0.25, 0.3) is 20.8 Å². The van der Waals surface area contributed by atoms with E-state index >= 15 is 0 Å². The summed E-state index contributed by atoms with van der Waals surface area (Å²) in [6.07, 6.45) is 0. The quantitative estimate of drug-likeness (QED) is 0.663. The van der Waals surface area contributed by atoms with Crippen molar-refractivity contribution in [2.45, 2.75) is 6.92 Å². The molecule has 2 aromatic carbocycles. The highest BCUT2D eigenvalue weighted by atomic mass is 35.5. The molecule has 0 amide bonds. The highest BCUT2D eigenvalue weighted by Gasteiger charge is 2.10. The molecule has 0 aliphatic carbocycles. The number of hydrogen-bond donors (Lipinski definition) is 1. The summed E-state index contributed by atoms with van der Waals surface area (Å²) >= 11 is 7.63. The van der Waals surface area contributed by atoms with Gasteiger partial charge in [-0.05, 0) is 36.8 Å². The predicted molar refractivity (Wildman–Crippen MR) is 79.2 cm³/mol. The molecule has 90 valence electrons. The second kappa shape index (κ2) is 4.26. The highest BCUT2D eigenvalue weighted by molar-refractivity contribution is 7.21. The summed E-state index contributed by atoms with van der Waals surface area (Å²) in [6.45, 7) is 2.02. The fraction of sp³-hybridized carbons (Fsp3) is 0.0714. The van der Waals surface area contributed by atoms with Crippen molar-refractivity contribution in [3.8, 4) is 10.6 Å². The van der Waals surface area contributed by atoms with Gasteiger partial charge >= 0.3 is 0 Å². The molecule has 18 heavy (non-hydrogen) atoms. The lowest BCUT2D eigenvalue weighted by Crippen LogP contribution is -1.91. The number of nitrogens with zero attached hydrogens (tertiary/aromatic N) is 1. The Morgan fingerprint density at radius 3 is 2.89 bits per heavy atom. The van der Waals surface area contributed by atoms with Crippen molar-refractivity contribution in [3.63, 3.8) is 0 Å². The number of halogens is 1. The zero-order valence-corrected chi connectivity index (χ0v) is 11.3. The van der Waals surface area contributed by atoms with Gasteiger partial charge in [0.1, 0.15) is 5.01 Å². The summed E-state index contributed by atoms with van der Waals surface area (Å²) in [5.74, 6) is 0. The molecule has 3 aromatic rings. The molecule has 4 heteroatoms. The number of nitrogen functional groups attached to an aromatic ring is 1. The third-order valence-electron chi connectivity index (χ3n) is 2.96. The molecule has 3 rings (SSSR count). The third-order valence-corrected chi connectivity index (χ3v) is 4.26. The van der Waals surface area contributed by atoms with Gasteiger partial charge < -0.3 is 5.73 Å². The van der Waals surface area contributed by atoms with E-state index in [1.54, 1.807) is 11.3 Å². The molecule has 2 nitrogen and oxygen atoms in total. The van der Waals surface area contributed by atoms with Gasteiger partial charge in [0.05, 0.1) is 10.2 Å². The zero-order chi connectivity index (χ0) is 12.7. The molecular formula is C14H11ClN2S. The largest absolute Gasteiger partial charge is 0.398 e. The maximum absolute atomic E-state index is 5.98. The Labute approximate surface area is 114 Å². The van der Waals surface area contributed by atoms with E-state index in [1.807, 2.05) is 43.3 Å². The van der Waals surface area contributed by atoms with E-state index in [0.29, 0.717) is 5.02 Å². The first-order valence-electron chi connectivity index (χ1n) is 5.57. The van der Waals surface area contributed by atoms with Gasteiger partial charge in [-0.2, -0.15) is 0 Å². The SMILES string of the molecule is Cc1c(N)cccc1-c1nc2cc(Cl)ccc2s1. The Morgan fingerprint density at radius 2 is 2.06 bits per heavy atom. The minimum absolute atomic E-state index is 0.712. The van der Waals surface area contributed by atoms with E-state index < -0.39 is 0 Å². The Balaban J connectivity index is 2.22. The average Bonchev–Trinajstić information content (AvgIpc) is 2.75. The van der Waals surface area contributed by atoms with Crippen molar-refractivity contribution in [2.75, 3.05) is 5.73 Å². The van der Waals surface area contributed by atoms with Gasteiger partial charge in [-0.25, -0.2) is 4.98 Å². The van der Waals surface area contributed by atoms with Gasteiger partial charge in [-0.3, -0.25) is 0 Å². The predicted octanol–water partition coefficient (Wildman–Crippen LogP) is 4.51. The Morgan fingerprint density at radius 1 is 1.22 bits per heavy atom. The molecule has 1 heterocycles. The summed E-state index contributed by atoms with van der Waals surface area (Å²) in [5.41, 5.74) is 9.82. The lowest BCUT2D eigenvalue weighted by Gasteiger charge is -2.04. The van der Waals surface area contributed by atoms with Crippen LogP contribution in [0.4, 0.5) is 5.69 Å². The van der Waals surface area contributed by atoms with Crippen molar-refractivity contribution in [1.29, 1.82) is 0 Å². The van der Waals surface area contributed by atoms with E-state index in [9.17, 15) is 0 Å². The second-order valence-electron chi connectivity index (χ2n) is 4.15. The number of fused-ring (bicyclic) bond motifs is 1. The summed E-state index contributed by atoms with van der Waals surface area (Å²) in [4.78, 5) is 4.62. The fourth-order valence-electron chi connectivity index (χ4n) is 1.90. The summed E-state index contributed by atoms with van der Waals surface area (Å²) in [6, 6.07) is 11.7. The molecule has 2 N–H and O–H groups in total. The van der Waals surface area contributed by atoms with Crippen LogP contribution in [-0.4, -0.2) is 4.98 Å². The standard InChI is InChI=1S/C14H11ClN2S/c1-8-10(3-2-4-11(8)16)14-17-12-7-9(15)5-6-13(12)18-14/h2-7H,16H2,1H3. The van der Waals surface area contributed by atoms with Crippen LogP contribution in [0.15, 0.2) is 36.4 Å². The highest BCUT2D eigenvalue weighted by Crippen LogP contribution is 2.34. The molecule has 0 unspecified atom stereocenters. The monoisotopic (exact) mass is 274 g/mol. The molecule has 1 aromatic heterocycles. The molecule has 0 aliphatic heterocycles. The Bertz CT molecular complexity index is 734. The number of thiazole rings is 1. The van der Waals surface area contributed by atoms with E-state index in [1.165, 1.54) is 0 Å². The van der Waals surface area contributed by atoms with Crippen LogP contribution in [0, 0.1) is 6.92 Å². The molecule has 0 saturated heterocycles. The molecule has 0 saturated carbocycles. The number of benzene rings is 2. The number of aromatic nitrogens is 1. The molecular weight excluding hydrogens is 264 g/mol. The van der Waals surface area contributed by atoms with Crippen LogP contribution in [0.3, 0.4) is 0 Å². The van der Waals surface area contributed by atoms with Crippen LogP contribution in [0.1, 0.15) is 5.56 Å². The van der Waals surface area contributed by atoms with Gasteiger partial charge in [0.2, 0.25) is 0 Å². The van der Waals surface area contributed by atoms with Gasteiger partial charge in [0.25, 0.3) is 0 Å². The van der Waals surface area contributed by atoms with E-state index in [0.717, 1.165) is 32.0 Å². The summed E-state index contributed by atoms with van der Waals surface area (Å²) in [5, 5.41) is 1.70.